The molecule has 1 aliphatic heterocycles. The van der Waals surface area contributed by atoms with Crippen LogP contribution >= 0.6 is 0 Å². The van der Waals surface area contributed by atoms with Gasteiger partial charge < -0.3 is 10.1 Å². The summed E-state index contributed by atoms with van der Waals surface area (Å²) in [5.41, 5.74) is 0.611. The van der Waals surface area contributed by atoms with Crippen LogP contribution in [0.25, 0.3) is 0 Å². The molecule has 27 heavy (non-hydrogen) atoms. The largest absolute Gasteiger partial charge is 0.443 e. The molecule has 0 spiro atoms. The number of carbonyl (C=O) groups excluding carboxylic acids is 3. The van der Waals surface area contributed by atoms with Crippen LogP contribution < -0.4 is 5.32 Å². The van der Waals surface area contributed by atoms with E-state index in [0.29, 0.717) is 23.6 Å². The zero-order valence-corrected chi connectivity index (χ0v) is 15.4. The lowest BCUT2D eigenvalue weighted by Gasteiger charge is -2.60. The fraction of sp³-hybridized carbons (Fsp3) is 0.571. The Morgan fingerprint density at radius 3 is 2.26 bits per heavy atom. The number of carbonyl (C=O) groups is 3. The van der Waals surface area contributed by atoms with Gasteiger partial charge in [0.25, 0.3) is 11.8 Å². The molecule has 3 amide bonds. The molecule has 4 saturated carbocycles. The summed E-state index contributed by atoms with van der Waals surface area (Å²) in [7, 11) is 0. The highest BCUT2D eigenvalue weighted by molar-refractivity contribution is 6.21. The minimum absolute atomic E-state index is 0.0695. The van der Waals surface area contributed by atoms with E-state index in [2.05, 4.69) is 5.32 Å². The quantitative estimate of drug-likeness (QED) is 0.832. The van der Waals surface area contributed by atoms with Crippen molar-refractivity contribution in [2.45, 2.75) is 50.7 Å². The molecule has 1 N–H and O–H groups in total. The lowest BCUT2D eigenvalue weighted by Crippen LogP contribution is -2.63. The zero-order chi connectivity index (χ0) is 18.8. The number of alkyl carbamates (subject to hydrolysis) is 1. The maximum absolute atomic E-state index is 13.0. The van der Waals surface area contributed by atoms with Gasteiger partial charge in [0, 0.05) is 12.6 Å². The second kappa shape index (κ2) is 5.81. The molecule has 142 valence electrons. The van der Waals surface area contributed by atoms with Crippen molar-refractivity contribution in [3.63, 3.8) is 0 Å². The van der Waals surface area contributed by atoms with Gasteiger partial charge in [-0.3, -0.25) is 14.5 Å². The average molecular weight is 368 g/mol. The van der Waals surface area contributed by atoms with Crippen molar-refractivity contribution in [2.24, 2.45) is 17.8 Å². The fourth-order valence-electron chi connectivity index (χ4n) is 6.33. The van der Waals surface area contributed by atoms with E-state index < -0.39 is 5.60 Å². The van der Waals surface area contributed by atoms with E-state index in [4.69, 9.17) is 4.74 Å². The van der Waals surface area contributed by atoms with E-state index in [1.165, 1.54) is 4.90 Å². The Kier molecular flexibility index (Phi) is 3.61. The summed E-state index contributed by atoms with van der Waals surface area (Å²) in [5, 5.41) is 2.73. The number of amides is 3. The Bertz CT molecular complexity index is 784. The molecule has 4 fully saturated rings. The van der Waals surface area contributed by atoms with Gasteiger partial charge in [-0.05, 0) is 68.9 Å². The molecule has 0 radical (unpaired) electrons. The van der Waals surface area contributed by atoms with E-state index in [9.17, 15) is 14.4 Å². The molecular weight excluding hydrogens is 344 g/mol. The van der Waals surface area contributed by atoms with Crippen LogP contribution in [-0.2, 0) is 4.74 Å². The predicted octanol–water partition coefficient (Wildman–Crippen LogP) is 2.98. The molecule has 2 unspecified atom stereocenters. The van der Waals surface area contributed by atoms with Gasteiger partial charge in [0.15, 0.2) is 0 Å². The number of hydrogen-bond acceptors (Lipinski definition) is 4. The highest BCUT2D eigenvalue weighted by Crippen LogP contribution is 2.59. The Labute approximate surface area is 158 Å². The SMILES string of the molecule is CCNC(=O)O[C@]12CC3CC(C1)[C@@H](N1C(=O)c4ccccc4C1=O)C(C3)C2. The van der Waals surface area contributed by atoms with Gasteiger partial charge >= 0.3 is 6.09 Å². The molecule has 6 heteroatoms. The lowest BCUT2D eigenvalue weighted by molar-refractivity contribution is -0.151. The molecule has 0 aromatic heterocycles. The second-order valence-corrected chi connectivity index (χ2v) is 8.59. The van der Waals surface area contributed by atoms with Gasteiger partial charge in [0.05, 0.1) is 11.1 Å². The smallest absolute Gasteiger partial charge is 0.407 e. The summed E-state index contributed by atoms with van der Waals surface area (Å²) in [6.45, 7) is 2.42. The first kappa shape index (κ1) is 16.8. The summed E-state index contributed by atoms with van der Waals surface area (Å²) in [5.74, 6) is 0.627. The minimum Gasteiger partial charge on any atom is -0.443 e. The first-order chi connectivity index (χ1) is 13.0. The molecule has 1 aromatic rings. The first-order valence-corrected chi connectivity index (χ1v) is 9.95. The fourth-order valence-corrected chi connectivity index (χ4v) is 6.33. The molecule has 1 aromatic carbocycles. The van der Waals surface area contributed by atoms with Crippen molar-refractivity contribution in [1.29, 1.82) is 0 Å². The summed E-state index contributed by atoms with van der Waals surface area (Å²) in [6.07, 6.45) is 4.07. The first-order valence-electron chi connectivity index (χ1n) is 9.95. The third-order valence-electron chi connectivity index (χ3n) is 6.92. The second-order valence-electron chi connectivity index (χ2n) is 8.59. The normalized spacial score (nSPS) is 36.1. The van der Waals surface area contributed by atoms with Crippen LogP contribution in [0.15, 0.2) is 24.3 Å². The van der Waals surface area contributed by atoms with E-state index in [1.807, 2.05) is 6.92 Å². The van der Waals surface area contributed by atoms with Crippen molar-refractivity contribution in [3.05, 3.63) is 35.4 Å². The standard InChI is InChI=1S/C21H24N2O4/c1-2-22-20(26)27-21-9-12-7-13(10-21)17(14(8-12)11-21)23-18(24)15-5-3-4-6-16(15)19(23)25/h3-6,12-14,17H,2,7-11H2,1H3,(H,22,26)/t12?,13?,14?,17-,21-. The Morgan fingerprint density at radius 1 is 1.11 bits per heavy atom. The summed E-state index contributed by atoms with van der Waals surface area (Å²) < 4.78 is 5.88. The summed E-state index contributed by atoms with van der Waals surface area (Å²) in [6, 6.07) is 7.02. The minimum atomic E-state index is -0.426. The zero-order valence-electron chi connectivity index (χ0n) is 15.4. The highest BCUT2D eigenvalue weighted by Gasteiger charge is 2.60. The van der Waals surface area contributed by atoms with Crippen LogP contribution in [0, 0.1) is 17.8 Å². The van der Waals surface area contributed by atoms with Crippen LogP contribution in [0.3, 0.4) is 0 Å². The summed E-state index contributed by atoms with van der Waals surface area (Å²) in [4.78, 5) is 39.6. The van der Waals surface area contributed by atoms with E-state index >= 15 is 0 Å². The maximum atomic E-state index is 13.0. The van der Waals surface area contributed by atoms with E-state index in [1.54, 1.807) is 24.3 Å². The van der Waals surface area contributed by atoms with Crippen LogP contribution in [0.5, 0.6) is 0 Å². The average Bonchev–Trinajstić information content (AvgIpc) is 2.86. The van der Waals surface area contributed by atoms with Crippen LogP contribution in [-0.4, -0.2) is 41.0 Å². The van der Waals surface area contributed by atoms with Crippen molar-refractivity contribution in [2.75, 3.05) is 6.54 Å². The topological polar surface area (TPSA) is 75.7 Å². The molecule has 2 atom stereocenters. The predicted molar refractivity (Wildman–Crippen MR) is 97.2 cm³/mol. The molecule has 0 saturated heterocycles. The third kappa shape index (κ3) is 2.42. The Balaban J connectivity index is 1.43. The molecule has 4 bridgehead atoms. The molecule has 1 heterocycles. The monoisotopic (exact) mass is 368 g/mol. The van der Waals surface area contributed by atoms with Crippen LogP contribution in [0.1, 0.15) is 59.7 Å². The number of ether oxygens (including phenoxy) is 1. The van der Waals surface area contributed by atoms with Gasteiger partial charge in [0.2, 0.25) is 0 Å². The molecule has 4 aliphatic carbocycles. The van der Waals surface area contributed by atoms with Crippen molar-refractivity contribution in [3.8, 4) is 0 Å². The molecule has 5 aliphatic rings. The number of rotatable bonds is 3. The number of nitrogens with zero attached hydrogens (tertiary/aromatic N) is 1. The Morgan fingerprint density at radius 2 is 1.70 bits per heavy atom. The lowest BCUT2D eigenvalue weighted by atomic mass is 9.52. The van der Waals surface area contributed by atoms with Gasteiger partial charge in [-0.2, -0.15) is 0 Å². The number of hydrogen-bond donors (Lipinski definition) is 1. The highest BCUT2D eigenvalue weighted by atomic mass is 16.6. The number of benzene rings is 1. The number of imide groups is 1. The maximum Gasteiger partial charge on any atom is 0.407 e. The van der Waals surface area contributed by atoms with E-state index in [-0.39, 0.29) is 35.8 Å². The molecule has 6 rings (SSSR count). The molecular formula is C21H24N2O4. The number of nitrogens with one attached hydrogen (secondary N) is 1. The van der Waals surface area contributed by atoms with Crippen molar-refractivity contribution in [1.82, 2.24) is 10.2 Å². The molecule has 6 nitrogen and oxygen atoms in total. The number of fused-ring (bicyclic) bond motifs is 1. The van der Waals surface area contributed by atoms with Gasteiger partial charge in [0.1, 0.15) is 5.60 Å². The van der Waals surface area contributed by atoms with Crippen molar-refractivity contribution >= 4 is 17.9 Å². The van der Waals surface area contributed by atoms with E-state index in [0.717, 1.165) is 32.1 Å². The van der Waals surface area contributed by atoms with Crippen LogP contribution in [0.2, 0.25) is 0 Å². The van der Waals surface area contributed by atoms with Gasteiger partial charge in [-0.1, -0.05) is 12.1 Å². The van der Waals surface area contributed by atoms with Crippen molar-refractivity contribution < 1.29 is 19.1 Å². The van der Waals surface area contributed by atoms with Gasteiger partial charge in [-0.25, -0.2) is 4.79 Å². The summed E-state index contributed by atoms with van der Waals surface area (Å²) >= 11 is 0. The third-order valence-corrected chi connectivity index (χ3v) is 6.92. The van der Waals surface area contributed by atoms with Crippen LogP contribution in [0.4, 0.5) is 4.79 Å². The van der Waals surface area contributed by atoms with Gasteiger partial charge in [-0.15, -0.1) is 0 Å². The Hall–Kier alpha value is -2.37.